The van der Waals surface area contributed by atoms with Gasteiger partial charge in [-0.05, 0) is 56.8 Å². The Morgan fingerprint density at radius 2 is 2.04 bits per heavy atom. The number of aliphatic hydroxyl groups is 1. The first kappa shape index (κ1) is 17.9. The lowest BCUT2D eigenvalue weighted by molar-refractivity contribution is -0.139. The quantitative estimate of drug-likeness (QED) is 0.288. The number of hydrogen-bond donors (Lipinski definition) is 2. The number of nitrogens with one attached hydrogen (secondary N) is 1. The van der Waals surface area contributed by atoms with Crippen LogP contribution in [0.3, 0.4) is 0 Å². The molecule has 0 unspecified atom stereocenters. The van der Waals surface area contributed by atoms with Gasteiger partial charge in [0.2, 0.25) is 0 Å². The fourth-order valence-electron chi connectivity index (χ4n) is 1.68. The smallest absolute Gasteiger partial charge is 0.387 e. The highest BCUT2D eigenvalue weighted by molar-refractivity contribution is 9.11. The summed E-state index contributed by atoms with van der Waals surface area (Å²) in [4.78, 5) is 11.9. The van der Waals surface area contributed by atoms with Crippen LogP contribution in [0, 0.1) is 5.41 Å². The summed E-state index contributed by atoms with van der Waals surface area (Å²) in [6, 6.07) is 2.76. The molecule has 0 saturated heterocycles. The normalized spacial score (nSPS) is 15.2. The van der Waals surface area contributed by atoms with E-state index < -0.39 is 18.3 Å². The molecule has 0 atom stereocenters. The molecule has 5 nitrogen and oxygen atoms in total. The number of alkyl halides is 2. The molecule has 0 radical (unpaired) electrons. The molecule has 23 heavy (non-hydrogen) atoms. The molecule has 0 amide bonds. The van der Waals surface area contributed by atoms with Crippen LogP contribution in [0.5, 0.6) is 5.75 Å². The summed E-state index contributed by atoms with van der Waals surface area (Å²) >= 11 is 6.12. The zero-order chi connectivity index (χ0) is 17.1. The Labute approximate surface area is 147 Å². The number of esters is 1. The summed E-state index contributed by atoms with van der Waals surface area (Å²) in [5, 5.41) is 17.5. The van der Waals surface area contributed by atoms with Crippen LogP contribution in [0.1, 0.15) is 18.4 Å². The molecular formula is C14H11Br2F2NO4. The molecule has 0 heterocycles. The predicted octanol–water partition coefficient (Wildman–Crippen LogP) is 4.44. The van der Waals surface area contributed by atoms with Crippen LogP contribution >= 0.6 is 31.9 Å². The van der Waals surface area contributed by atoms with Gasteiger partial charge in [-0.1, -0.05) is 0 Å². The molecule has 0 bridgehead atoms. The monoisotopic (exact) mass is 453 g/mol. The largest absolute Gasteiger partial charge is 0.506 e. The van der Waals surface area contributed by atoms with Crippen LogP contribution < -0.4 is 4.74 Å². The number of carbonyl (C=O) groups is 1. The van der Waals surface area contributed by atoms with Gasteiger partial charge in [0.25, 0.3) is 0 Å². The van der Waals surface area contributed by atoms with Crippen molar-refractivity contribution in [3.63, 3.8) is 0 Å². The van der Waals surface area contributed by atoms with Crippen LogP contribution in [-0.2, 0) is 9.53 Å². The molecule has 1 aliphatic rings. The third-order valence-corrected chi connectivity index (χ3v) is 4.34. The van der Waals surface area contributed by atoms with E-state index in [9.17, 15) is 18.7 Å². The average Bonchev–Trinajstić information content (AvgIpc) is 3.27. The maximum absolute atomic E-state index is 12.5. The van der Waals surface area contributed by atoms with E-state index in [1.54, 1.807) is 0 Å². The molecule has 124 valence electrons. The molecule has 1 aromatic rings. The number of benzene rings is 1. The SMILES string of the molecule is N=CC(C(=O)OC1CC1)=C(O)c1ccc(Br)c(OC(F)F)c1Br. The van der Waals surface area contributed by atoms with Crippen molar-refractivity contribution in [3.05, 3.63) is 32.2 Å². The predicted molar refractivity (Wildman–Crippen MR) is 85.9 cm³/mol. The first-order chi connectivity index (χ1) is 10.8. The maximum Gasteiger partial charge on any atom is 0.387 e. The van der Waals surface area contributed by atoms with Crippen molar-refractivity contribution in [2.45, 2.75) is 25.6 Å². The van der Waals surface area contributed by atoms with Gasteiger partial charge in [-0.3, -0.25) is 0 Å². The molecule has 0 aromatic heterocycles. The highest BCUT2D eigenvalue weighted by atomic mass is 79.9. The van der Waals surface area contributed by atoms with Crippen LogP contribution in [0.25, 0.3) is 5.76 Å². The molecule has 2 N–H and O–H groups in total. The molecular weight excluding hydrogens is 444 g/mol. The van der Waals surface area contributed by atoms with Crippen LogP contribution in [-0.4, -0.2) is 30.0 Å². The van der Waals surface area contributed by atoms with Gasteiger partial charge in [-0.25, -0.2) is 4.79 Å². The van der Waals surface area contributed by atoms with Gasteiger partial charge in [0.1, 0.15) is 17.4 Å². The van der Waals surface area contributed by atoms with E-state index in [2.05, 4.69) is 36.6 Å². The number of carbonyl (C=O) groups excluding carboxylic acids is 1. The van der Waals surface area contributed by atoms with Crippen molar-refractivity contribution in [2.24, 2.45) is 0 Å². The van der Waals surface area contributed by atoms with E-state index in [1.807, 2.05) is 0 Å². The standard InChI is InChI=1S/C14H11Br2F2NO4/c15-9-4-3-7(10(16)12(9)23-14(17)18)11(20)8(5-19)13(21)22-6-1-2-6/h3-6,14,19-20H,1-2H2. The second-order valence-corrected chi connectivity index (χ2v) is 6.28. The van der Waals surface area contributed by atoms with Crippen molar-refractivity contribution >= 4 is 49.8 Å². The fourth-order valence-corrected chi connectivity index (χ4v) is 3.00. The van der Waals surface area contributed by atoms with Crippen LogP contribution in [0.2, 0.25) is 0 Å². The number of rotatable bonds is 6. The second kappa shape index (κ2) is 7.39. The Morgan fingerprint density at radius 1 is 1.39 bits per heavy atom. The molecule has 1 fully saturated rings. The molecule has 9 heteroatoms. The Kier molecular flexibility index (Phi) is 5.74. The Bertz CT molecular complexity index is 675. The summed E-state index contributed by atoms with van der Waals surface area (Å²) in [6.07, 6.45) is 1.94. The third-order valence-electron chi connectivity index (χ3n) is 2.93. The van der Waals surface area contributed by atoms with Crippen molar-refractivity contribution in [2.75, 3.05) is 0 Å². The summed E-state index contributed by atoms with van der Waals surface area (Å²) in [5.74, 6) is -1.64. The lowest BCUT2D eigenvalue weighted by Gasteiger charge is -2.13. The summed E-state index contributed by atoms with van der Waals surface area (Å²) in [6.45, 7) is -3.06. The van der Waals surface area contributed by atoms with Crippen molar-refractivity contribution in [1.82, 2.24) is 0 Å². The molecule has 1 saturated carbocycles. The number of aliphatic hydroxyl groups excluding tert-OH is 1. The summed E-state index contributed by atoms with van der Waals surface area (Å²) < 4.78 is 34.6. The van der Waals surface area contributed by atoms with Crippen molar-refractivity contribution in [1.29, 1.82) is 5.41 Å². The first-order valence-corrected chi connectivity index (χ1v) is 8.01. The zero-order valence-corrected chi connectivity index (χ0v) is 14.7. The lowest BCUT2D eigenvalue weighted by atomic mass is 10.1. The van der Waals surface area contributed by atoms with E-state index in [1.165, 1.54) is 12.1 Å². The number of halogens is 4. The van der Waals surface area contributed by atoms with Gasteiger partial charge >= 0.3 is 12.6 Å². The highest BCUT2D eigenvalue weighted by Gasteiger charge is 2.29. The topological polar surface area (TPSA) is 79.6 Å². The van der Waals surface area contributed by atoms with Gasteiger partial charge in [-0.2, -0.15) is 8.78 Å². The lowest BCUT2D eigenvalue weighted by Crippen LogP contribution is -2.13. The second-order valence-electron chi connectivity index (χ2n) is 4.63. The van der Waals surface area contributed by atoms with E-state index in [4.69, 9.17) is 10.1 Å². The Balaban J connectivity index is 2.43. The minimum Gasteiger partial charge on any atom is -0.506 e. The number of hydrogen-bond acceptors (Lipinski definition) is 5. The van der Waals surface area contributed by atoms with E-state index >= 15 is 0 Å². The molecule has 1 aliphatic carbocycles. The van der Waals surface area contributed by atoms with E-state index in [0.717, 1.165) is 12.8 Å². The van der Waals surface area contributed by atoms with Gasteiger partial charge in [0, 0.05) is 11.8 Å². The highest BCUT2D eigenvalue weighted by Crippen LogP contribution is 2.39. The van der Waals surface area contributed by atoms with E-state index in [-0.39, 0.29) is 31.9 Å². The van der Waals surface area contributed by atoms with Gasteiger partial charge in [0.15, 0.2) is 5.75 Å². The zero-order valence-electron chi connectivity index (χ0n) is 11.5. The van der Waals surface area contributed by atoms with Crippen LogP contribution in [0.15, 0.2) is 26.7 Å². The molecule has 0 spiro atoms. The summed E-state index contributed by atoms with van der Waals surface area (Å²) in [7, 11) is 0. The van der Waals surface area contributed by atoms with Crippen molar-refractivity contribution in [3.8, 4) is 5.75 Å². The minimum atomic E-state index is -3.06. The van der Waals surface area contributed by atoms with Gasteiger partial charge < -0.3 is 20.0 Å². The minimum absolute atomic E-state index is 0.0169. The molecule has 0 aliphatic heterocycles. The maximum atomic E-state index is 12.5. The first-order valence-electron chi connectivity index (χ1n) is 6.43. The molecule has 2 rings (SSSR count). The Morgan fingerprint density at radius 3 is 2.57 bits per heavy atom. The fraction of sp³-hybridized carbons (Fsp3) is 0.286. The number of ether oxygens (including phenoxy) is 2. The van der Waals surface area contributed by atoms with Crippen LogP contribution in [0.4, 0.5) is 8.78 Å². The van der Waals surface area contributed by atoms with E-state index in [0.29, 0.717) is 6.21 Å². The Hall–Kier alpha value is -1.48. The van der Waals surface area contributed by atoms with Crippen molar-refractivity contribution < 1.29 is 28.2 Å². The average molecular weight is 455 g/mol. The summed E-state index contributed by atoms with van der Waals surface area (Å²) in [5.41, 5.74) is -0.349. The molecule has 1 aromatic carbocycles. The van der Waals surface area contributed by atoms with Gasteiger partial charge in [0.05, 0.1) is 8.95 Å². The van der Waals surface area contributed by atoms with Gasteiger partial charge in [-0.15, -0.1) is 0 Å². The third kappa shape index (κ3) is 4.29.